The Labute approximate surface area is 166 Å². The minimum atomic E-state index is -0.0418. The molecule has 1 aliphatic heterocycles. The number of thiophene rings is 1. The molecular formula is C18H23BrN4O2S. The highest BCUT2D eigenvalue weighted by molar-refractivity contribution is 9.11. The lowest BCUT2D eigenvalue weighted by Crippen LogP contribution is -2.53. The number of nitrogens with zero attached hydrogens (tertiary/aromatic N) is 3. The predicted octanol–water partition coefficient (Wildman–Crippen LogP) is 3.07. The van der Waals surface area contributed by atoms with Crippen LogP contribution in [0.3, 0.4) is 0 Å². The van der Waals surface area contributed by atoms with Crippen LogP contribution in [0.1, 0.15) is 22.4 Å². The number of aliphatic imine (C=N–C) groups is 1. The monoisotopic (exact) mass is 438 g/mol. The number of hydrogen-bond donors (Lipinski definition) is 1. The Morgan fingerprint density at radius 3 is 2.65 bits per heavy atom. The Morgan fingerprint density at radius 1 is 1.27 bits per heavy atom. The van der Waals surface area contributed by atoms with Crippen LogP contribution in [0.15, 0.2) is 43.7 Å². The minimum Gasteiger partial charge on any atom is -0.459 e. The molecule has 0 spiro atoms. The molecule has 1 saturated heterocycles. The first-order valence-electron chi connectivity index (χ1n) is 8.77. The molecule has 0 radical (unpaired) electrons. The van der Waals surface area contributed by atoms with Gasteiger partial charge in [-0.1, -0.05) is 0 Å². The maximum atomic E-state index is 12.4. The zero-order chi connectivity index (χ0) is 18.4. The zero-order valence-electron chi connectivity index (χ0n) is 14.8. The molecule has 1 aliphatic rings. The van der Waals surface area contributed by atoms with E-state index in [0.29, 0.717) is 18.8 Å². The van der Waals surface area contributed by atoms with Crippen LogP contribution in [-0.4, -0.2) is 60.9 Å². The molecule has 0 atom stereocenters. The predicted molar refractivity (Wildman–Crippen MR) is 108 cm³/mol. The molecule has 0 unspecified atom stereocenters. The number of guanidine groups is 1. The lowest BCUT2D eigenvalue weighted by molar-refractivity contribution is 0.0657. The fourth-order valence-electron chi connectivity index (χ4n) is 2.86. The first-order chi connectivity index (χ1) is 12.7. The molecule has 26 heavy (non-hydrogen) atoms. The van der Waals surface area contributed by atoms with Crippen molar-refractivity contribution < 1.29 is 9.21 Å². The fraction of sp³-hybridized carbons (Fsp3) is 0.444. The molecule has 0 aliphatic carbocycles. The number of carbonyl (C=O) groups is 1. The summed E-state index contributed by atoms with van der Waals surface area (Å²) >= 11 is 5.25. The molecule has 8 heteroatoms. The van der Waals surface area contributed by atoms with Crippen molar-refractivity contribution in [1.29, 1.82) is 0 Å². The number of halogens is 1. The van der Waals surface area contributed by atoms with Crippen LogP contribution >= 0.6 is 27.3 Å². The first kappa shape index (κ1) is 19.0. The quantitative estimate of drug-likeness (QED) is 0.575. The molecular weight excluding hydrogens is 416 g/mol. The van der Waals surface area contributed by atoms with Gasteiger partial charge < -0.3 is 19.5 Å². The van der Waals surface area contributed by atoms with Crippen molar-refractivity contribution in [3.8, 4) is 0 Å². The molecule has 6 nitrogen and oxygen atoms in total. The zero-order valence-corrected chi connectivity index (χ0v) is 17.2. The van der Waals surface area contributed by atoms with E-state index in [1.54, 1.807) is 23.5 Å². The molecule has 1 N–H and O–H groups in total. The maximum Gasteiger partial charge on any atom is 0.289 e. The summed E-state index contributed by atoms with van der Waals surface area (Å²) in [7, 11) is 0. The summed E-state index contributed by atoms with van der Waals surface area (Å²) in [5, 5.41) is 3.36. The Balaban J connectivity index is 1.54. The van der Waals surface area contributed by atoms with E-state index in [4.69, 9.17) is 9.41 Å². The molecule has 140 valence electrons. The molecule has 1 fully saturated rings. The van der Waals surface area contributed by atoms with Gasteiger partial charge in [0, 0.05) is 50.6 Å². The topological polar surface area (TPSA) is 61.1 Å². The van der Waals surface area contributed by atoms with Gasteiger partial charge in [0.1, 0.15) is 0 Å². The van der Waals surface area contributed by atoms with Gasteiger partial charge in [-0.25, -0.2) is 0 Å². The van der Waals surface area contributed by atoms with E-state index in [9.17, 15) is 4.79 Å². The van der Waals surface area contributed by atoms with Crippen LogP contribution in [0.25, 0.3) is 0 Å². The highest BCUT2D eigenvalue weighted by Gasteiger charge is 2.25. The van der Waals surface area contributed by atoms with Gasteiger partial charge in [0.15, 0.2) is 11.7 Å². The highest BCUT2D eigenvalue weighted by atomic mass is 79.9. The van der Waals surface area contributed by atoms with Crippen molar-refractivity contribution >= 4 is 39.1 Å². The van der Waals surface area contributed by atoms with Crippen LogP contribution in [0.4, 0.5) is 0 Å². The normalized spacial score (nSPS) is 15.4. The lowest BCUT2D eigenvalue weighted by atomic mass is 10.3. The molecule has 1 amide bonds. The van der Waals surface area contributed by atoms with Crippen LogP contribution in [0.2, 0.25) is 0 Å². The van der Waals surface area contributed by atoms with Gasteiger partial charge in [0.05, 0.1) is 10.0 Å². The Bertz CT molecular complexity index is 736. The van der Waals surface area contributed by atoms with Crippen molar-refractivity contribution in [2.75, 3.05) is 39.3 Å². The van der Waals surface area contributed by atoms with Gasteiger partial charge in [-0.3, -0.25) is 9.79 Å². The maximum absolute atomic E-state index is 12.4. The van der Waals surface area contributed by atoms with Gasteiger partial charge in [-0.15, -0.1) is 11.3 Å². The fourth-order valence-corrected chi connectivity index (χ4v) is 4.33. The lowest BCUT2D eigenvalue weighted by Gasteiger charge is -2.36. The van der Waals surface area contributed by atoms with E-state index in [0.717, 1.165) is 42.3 Å². The molecule has 3 heterocycles. The second-order valence-electron chi connectivity index (χ2n) is 5.95. The average Bonchev–Trinajstić information content (AvgIpc) is 3.32. The van der Waals surface area contributed by atoms with E-state index in [-0.39, 0.29) is 5.91 Å². The third kappa shape index (κ3) is 4.88. The number of rotatable bonds is 5. The Morgan fingerprint density at radius 2 is 2.04 bits per heavy atom. The van der Waals surface area contributed by atoms with Crippen molar-refractivity contribution in [2.24, 2.45) is 4.99 Å². The third-order valence-electron chi connectivity index (χ3n) is 4.18. The van der Waals surface area contributed by atoms with E-state index in [1.165, 1.54) is 11.1 Å². The van der Waals surface area contributed by atoms with Crippen LogP contribution in [-0.2, 0) is 6.42 Å². The summed E-state index contributed by atoms with van der Waals surface area (Å²) < 4.78 is 6.37. The second-order valence-corrected chi connectivity index (χ2v) is 8.50. The molecule has 2 aromatic heterocycles. The molecule has 3 rings (SSSR count). The average molecular weight is 439 g/mol. The summed E-state index contributed by atoms with van der Waals surface area (Å²) in [5.74, 6) is 1.29. The van der Waals surface area contributed by atoms with Gasteiger partial charge in [0.25, 0.3) is 5.91 Å². The summed E-state index contributed by atoms with van der Waals surface area (Å²) in [4.78, 5) is 22.5. The van der Waals surface area contributed by atoms with E-state index < -0.39 is 0 Å². The Hall–Kier alpha value is -1.80. The SMILES string of the molecule is CCNC(=NCCc1ccc(Br)s1)N1CCN(C(=O)c2ccco2)CC1. The molecule has 0 bridgehead atoms. The Kier molecular flexibility index (Phi) is 6.73. The summed E-state index contributed by atoms with van der Waals surface area (Å²) in [6, 6.07) is 7.66. The number of amides is 1. The van der Waals surface area contributed by atoms with Gasteiger partial charge >= 0.3 is 0 Å². The number of piperazine rings is 1. The highest BCUT2D eigenvalue weighted by Crippen LogP contribution is 2.22. The third-order valence-corrected chi connectivity index (χ3v) is 5.87. The van der Waals surface area contributed by atoms with E-state index in [2.05, 4.69) is 45.2 Å². The smallest absolute Gasteiger partial charge is 0.289 e. The van der Waals surface area contributed by atoms with Crippen molar-refractivity contribution in [3.05, 3.63) is 45.0 Å². The van der Waals surface area contributed by atoms with Crippen LogP contribution in [0.5, 0.6) is 0 Å². The first-order valence-corrected chi connectivity index (χ1v) is 10.4. The summed E-state index contributed by atoms with van der Waals surface area (Å²) in [5.41, 5.74) is 0. The largest absolute Gasteiger partial charge is 0.459 e. The molecule has 2 aromatic rings. The van der Waals surface area contributed by atoms with Crippen LogP contribution in [0, 0.1) is 0 Å². The van der Waals surface area contributed by atoms with E-state index in [1.807, 2.05) is 4.90 Å². The van der Waals surface area contributed by atoms with Crippen molar-refractivity contribution in [1.82, 2.24) is 15.1 Å². The van der Waals surface area contributed by atoms with Crippen molar-refractivity contribution in [2.45, 2.75) is 13.3 Å². The molecule has 0 aromatic carbocycles. The minimum absolute atomic E-state index is 0.0418. The number of carbonyl (C=O) groups excluding carboxylic acids is 1. The number of nitrogens with one attached hydrogen (secondary N) is 1. The van der Waals surface area contributed by atoms with Gasteiger partial charge in [-0.2, -0.15) is 0 Å². The number of hydrogen-bond acceptors (Lipinski definition) is 4. The number of furan rings is 1. The second kappa shape index (κ2) is 9.23. The summed E-state index contributed by atoms with van der Waals surface area (Å²) in [6.45, 7) is 6.52. The summed E-state index contributed by atoms with van der Waals surface area (Å²) in [6.07, 6.45) is 2.47. The molecule has 0 saturated carbocycles. The van der Waals surface area contributed by atoms with E-state index >= 15 is 0 Å². The van der Waals surface area contributed by atoms with Crippen LogP contribution < -0.4 is 5.32 Å². The standard InChI is InChI=1S/C18H23BrN4O2S/c1-2-20-18(21-8-7-14-5-6-16(19)26-14)23-11-9-22(10-12-23)17(24)15-4-3-13-25-15/h3-6,13H,2,7-12H2,1H3,(H,20,21). The van der Waals surface area contributed by atoms with Crippen molar-refractivity contribution in [3.63, 3.8) is 0 Å². The van der Waals surface area contributed by atoms with Gasteiger partial charge in [0.2, 0.25) is 0 Å². The van der Waals surface area contributed by atoms with Gasteiger partial charge in [-0.05, 0) is 47.1 Å².